The van der Waals surface area contributed by atoms with Gasteiger partial charge in [-0.3, -0.25) is 4.98 Å². The van der Waals surface area contributed by atoms with Crippen LogP contribution in [-0.2, 0) is 0 Å². The molecule has 0 saturated carbocycles. The van der Waals surface area contributed by atoms with E-state index in [1.54, 1.807) is 23.0 Å². The van der Waals surface area contributed by atoms with E-state index in [2.05, 4.69) is 27.6 Å². The van der Waals surface area contributed by atoms with Gasteiger partial charge in [0.25, 0.3) is 0 Å². The second kappa shape index (κ2) is 4.25. The van der Waals surface area contributed by atoms with Gasteiger partial charge in [-0.25, -0.2) is 4.79 Å². The third kappa shape index (κ3) is 2.08. The van der Waals surface area contributed by atoms with Crippen molar-refractivity contribution in [3.05, 3.63) is 45.6 Å². The molecule has 1 N–H and O–H groups in total. The second-order valence-corrected chi connectivity index (χ2v) is 4.62. The highest BCUT2D eigenvalue weighted by Crippen LogP contribution is 2.17. The Morgan fingerprint density at radius 2 is 2.25 bits per heavy atom. The van der Waals surface area contributed by atoms with Crippen LogP contribution in [0.2, 0.25) is 0 Å². The van der Waals surface area contributed by atoms with Gasteiger partial charge in [-0.2, -0.15) is 0 Å². The van der Waals surface area contributed by atoms with Gasteiger partial charge in [-0.15, -0.1) is 0 Å². The molecule has 0 unspecified atom stereocenters. The predicted octanol–water partition coefficient (Wildman–Crippen LogP) is 2.48. The minimum Gasteiger partial charge on any atom is -0.477 e. The molecule has 0 aliphatic heterocycles. The van der Waals surface area contributed by atoms with Crippen molar-refractivity contribution < 1.29 is 9.90 Å². The van der Waals surface area contributed by atoms with Crippen molar-refractivity contribution in [1.29, 1.82) is 0 Å². The molecule has 0 spiro atoms. The number of hydrogen-bond acceptors (Lipinski definition) is 2. The third-order valence-electron chi connectivity index (χ3n) is 2.18. The van der Waals surface area contributed by atoms with Crippen molar-refractivity contribution in [1.82, 2.24) is 9.55 Å². The van der Waals surface area contributed by atoms with E-state index in [9.17, 15) is 4.79 Å². The van der Waals surface area contributed by atoms with Crippen molar-refractivity contribution in [2.75, 3.05) is 0 Å². The monoisotopic (exact) mass is 328 g/mol. The maximum Gasteiger partial charge on any atom is 0.352 e. The largest absolute Gasteiger partial charge is 0.477 e. The summed E-state index contributed by atoms with van der Waals surface area (Å²) in [4.78, 5) is 15.2. The minimum atomic E-state index is -0.941. The number of aromatic carboxylic acids is 1. The molecule has 0 bridgehead atoms. The standard InChI is InChI=1S/C11H9IN2O2/c1-7-2-3-9(5-13-7)14-6-8(12)4-10(14)11(15)16/h2-6H,1H3,(H,15,16). The molecule has 0 amide bonds. The van der Waals surface area contributed by atoms with Crippen LogP contribution in [0.4, 0.5) is 0 Å². The summed E-state index contributed by atoms with van der Waals surface area (Å²) in [6, 6.07) is 5.33. The van der Waals surface area contributed by atoms with Crippen LogP contribution in [0.25, 0.3) is 5.69 Å². The van der Waals surface area contributed by atoms with Gasteiger partial charge in [0.15, 0.2) is 0 Å². The Bertz CT molecular complexity index is 531. The van der Waals surface area contributed by atoms with Crippen molar-refractivity contribution in [3.8, 4) is 5.69 Å². The topological polar surface area (TPSA) is 55.1 Å². The highest BCUT2D eigenvalue weighted by molar-refractivity contribution is 14.1. The van der Waals surface area contributed by atoms with Crippen molar-refractivity contribution in [2.45, 2.75) is 6.92 Å². The molecule has 0 radical (unpaired) electrons. The van der Waals surface area contributed by atoms with Crippen LogP contribution < -0.4 is 0 Å². The van der Waals surface area contributed by atoms with Gasteiger partial charge in [-0.05, 0) is 47.7 Å². The first-order valence-corrected chi connectivity index (χ1v) is 5.70. The number of rotatable bonds is 2. The van der Waals surface area contributed by atoms with Gasteiger partial charge >= 0.3 is 5.97 Å². The number of aromatic nitrogens is 2. The molecule has 5 heteroatoms. The van der Waals surface area contributed by atoms with Crippen LogP contribution in [0.3, 0.4) is 0 Å². The number of pyridine rings is 1. The van der Waals surface area contributed by atoms with Gasteiger partial charge in [0.1, 0.15) is 5.69 Å². The summed E-state index contributed by atoms with van der Waals surface area (Å²) < 4.78 is 2.51. The Hall–Kier alpha value is -1.37. The van der Waals surface area contributed by atoms with Crippen molar-refractivity contribution in [2.24, 2.45) is 0 Å². The van der Waals surface area contributed by atoms with Gasteiger partial charge in [0.2, 0.25) is 0 Å². The number of halogens is 1. The number of aryl methyl sites for hydroxylation is 1. The molecule has 0 aliphatic carbocycles. The average Bonchev–Trinajstić information content (AvgIpc) is 2.61. The van der Waals surface area contributed by atoms with Crippen molar-refractivity contribution >= 4 is 28.6 Å². The molecule has 0 fully saturated rings. The molecule has 4 nitrogen and oxygen atoms in total. The number of hydrogen-bond donors (Lipinski definition) is 1. The molecule has 16 heavy (non-hydrogen) atoms. The van der Waals surface area contributed by atoms with Crippen LogP contribution in [0.1, 0.15) is 16.2 Å². The molecule has 82 valence electrons. The fourth-order valence-corrected chi connectivity index (χ4v) is 1.98. The molecule has 2 rings (SSSR count). The van der Waals surface area contributed by atoms with Crippen LogP contribution in [0, 0.1) is 10.5 Å². The fraction of sp³-hybridized carbons (Fsp3) is 0.0909. The van der Waals surface area contributed by atoms with E-state index in [0.29, 0.717) is 0 Å². The normalized spacial score (nSPS) is 10.4. The lowest BCUT2D eigenvalue weighted by atomic mass is 10.3. The fourth-order valence-electron chi connectivity index (χ4n) is 1.41. The van der Waals surface area contributed by atoms with E-state index in [0.717, 1.165) is 15.0 Å². The van der Waals surface area contributed by atoms with E-state index < -0.39 is 5.97 Å². The van der Waals surface area contributed by atoms with Crippen LogP contribution in [0.15, 0.2) is 30.6 Å². The molecule has 2 heterocycles. The number of carbonyl (C=O) groups is 1. The van der Waals surface area contributed by atoms with E-state index in [-0.39, 0.29) is 5.69 Å². The van der Waals surface area contributed by atoms with Gasteiger partial charge < -0.3 is 9.67 Å². The van der Waals surface area contributed by atoms with Crippen molar-refractivity contribution in [3.63, 3.8) is 0 Å². The highest BCUT2D eigenvalue weighted by Gasteiger charge is 2.12. The quantitative estimate of drug-likeness (QED) is 0.862. The highest BCUT2D eigenvalue weighted by atomic mass is 127. The first-order chi connectivity index (χ1) is 7.58. The zero-order chi connectivity index (χ0) is 11.7. The number of nitrogens with zero attached hydrogens (tertiary/aromatic N) is 2. The summed E-state index contributed by atoms with van der Waals surface area (Å²) in [7, 11) is 0. The molecule has 2 aromatic heterocycles. The first-order valence-electron chi connectivity index (χ1n) is 4.62. The number of carboxylic acid groups (broad SMARTS) is 1. The van der Waals surface area contributed by atoms with Gasteiger partial charge in [0, 0.05) is 15.5 Å². The van der Waals surface area contributed by atoms with E-state index >= 15 is 0 Å². The molecular weight excluding hydrogens is 319 g/mol. The predicted molar refractivity (Wildman–Crippen MR) is 68.0 cm³/mol. The molecule has 0 atom stereocenters. The Labute approximate surface area is 106 Å². The molecule has 2 aromatic rings. The Kier molecular flexibility index (Phi) is 2.95. The molecule has 0 saturated heterocycles. The molecular formula is C11H9IN2O2. The maximum absolute atomic E-state index is 11.0. The second-order valence-electron chi connectivity index (χ2n) is 3.38. The first kappa shape index (κ1) is 11.1. The van der Waals surface area contributed by atoms with E-state index in [1.165, 1.54) is 0 Å². The summed E-state index contributed by atoms with van der Waals surface area (Å²) in [5.41, 5.74) is 1.91. The van der Waals surface area contributed by atoms with Gasteiger partial charge in [-0.1, -0.05) is 0 Å². The zero-order valence-corrected chi connectivity index (χ0v) is 10.7. The minimum absolute atomic E-state index is 0.245. The summed E-state index contributed by atoms with van der Waals surface area (Å²) in [6.45, 7) is 1.89. The summed E-state index contributed by atoms with van der Waals surface area (Å²) >= 11 is 2.09. The Morgan fingerprint density at radius 3 is 2.81 bits per heavy atom. The lowest BCUT2D eigenvalue weighted by Gasteiger charge is -2.05. The Balaban J connectivity index is 2.55. The molecule has 0 aromatic carbocycles. The smallest absolute Gasteiger partial charge is 0.352 e. The lowest BCUT2D eigenvalue weighted by molar-refractivity contribution is 0.0688. The summed E-state index contributed by atoms with van der Waals surface area (Å²) in [6.07, 6.45) is 3.44. The van der Waals surface area contributed by atoms with E-state index in [1.807, 2.05) is 19.1 Å². The van der Waals surface area contributed by atoms with Crippen LogP contribution in [-0.4, -0.2) is 20.6 Å². The maximum atomic E-state index is 11.0. The summed E-state index contributed by atoms with van der Waals surface area (Å²) in [5, 5.41) is 9.05. The van der Waals surface area contributed by atoms with Crippen LogP contribution in [0.5, 0.6) is 0 Å². The Morgan fingerprint density at radius 1 is 1.50 bits per heavy atom. The summed E-state index contributed by atoms with van der Waals surface area (Å²) in [5.74, 6) is -0.941. The van der Waals surface area contributed by atoms with Crippen LogP contribution >= 0.6 is 22.6 Å². The van der Waals surface area contributed by atoms with Gasteiger partial charge in [0.05, 0.1) is 11.9 Å². The number of carboxylic acids is 1. The lowest BCUT2D eigenvalue weighted by Crippen LogP contribution is -2.05. The molecule has 0 aliphatic rings. The SMILES string of the molecule is Cc1ccc(-n2cc(I)cc2C(=O)O)cn1. The third-order valence-corrected chi connectivity index (χ3v) is 2.77. The zero-order valence-electron chi connectivity index (χ0n) is 8.51. The van der Waals surface area contributed by atoms with E-state index in [4.69, 9.17) is 5.11 Å². The average molecular weight is 328 g/mol.